The van der Waals surface area contributed by atoms with Gasteiger partial charge in [-0.25, -0.2) is 4.39 Å². The van der Waals surface area contributed by atoms with Crippen molar-refractivity contribution in [2.24, 2.45) is 11.8 Å². The molecule has 2 fully saturated rings. The van der Waals surface area contributed by atoms with Crippen LogP contribution in [-0.4, -0.2) is 12.6 Å². The molecule has 0 bridgehead atoms. The molecule has 3 rings (SSSR count). The molecular formula is C16H22FN. The summed E-state index contributed by atoms with van der Waals surface area (Å²) in [5, 5.41) is 3.63. The van der Waals surface area contributed by atoms with Gasteiger partial charge in [-0.05, 0) is 80.7 Å². The Hall–Kier alpha value is -0.890. The van der Waals surface area contributed by atoms with Crippen LogP contribution < -0.4 is 5.32 Å². The van der Waals surface area contributed by atoms with Crippen molar-refractivity contribution in [3.8, 4) is 0 Å². The standard InChI is InChI=1S/C16H22FN/c1-11-2-5-15(17)9-14(11)8-12-3-4-13(12)10-18-16-6-7-16/h2,5,9,12-13,16,18H,3-4,6-8,10H2,1H3. The minimum absolute atomic E-state index is 0.0948. The van der Waals surface area contributed by atoms with Gasteiger partial charge in [-0.15, -0.1) is 0 Å². The summed E-state index contributed by atoms with van der Waals surface area (Å²) in [4.78, 5) is 0. The average molecular weight is 247 g/mol. The average Bonchev–Trinajstić information content (AvgIpc) is 3.13. The van der Waals surface area contributed by atoms with Crippen molar-refractivity contribution in [2.45, 2.75) is 45.1 Å². The van der Waals surface area contributed by atoms with Crippen molar-refractivity contribution in [3.63, 3.8) is 0 Å². The van der Waals surface area contributed by atoms with Gasteiger partial charge in [-0.1, -0.05) is 6.07 Å². The maximum Gasteiger partial charge on any atom is 0.123 e. The number of hydrogen-bond donors (Lipinski definition) is 1. The Morgan fingerprint density at radius 2 is 1.94 bits per heavy atom. The SMILES string of the molecule is Cc1ccc(F)cc1CC1CCC1CNC1CC1. The van der Waals surface area contributed by atoms with Gasteiger partial charge < -0.3 is 5.32 Å². The summed E-state index contributed by atoms with van der Waals surface area (Å²) in [6.07, 6.45) is 6.44. The van der Waals surface area contributed by atoms with Crippen LogP contribution in [-0.2, 0) is 6.42 Å². The van der Waals surface area contributed by atoms with Crippen LogP contribution in [0.25, 0.3) is 0 Å². The molecule has 2 aliphatic rings. The Balaban J connectivity index is 1.56. The van der Waals surface area contributed by atoms with Crippen LogP contribution in [0.1, 0.15) is 36.8 Å². The molecule has 2 atom stereocenters. The molecule has 2 saturated carbocycles. The lowest BCUT2D eigenvalue weighted by Crippen LogP contribution is -2.37. The Morgan fingerprint density at radius 3 is 2.61 bits per heavy atom. The highest BCUT2D eigenvalue weighted by Gasteiger charge is 2.32. The quantitative estimate of drug-likeness (QED) is 0.840. The second kappa shape index (κ2) is 5.00. The molecule has 1 aromatic rings. The summed E-state index contributed by atoms with van der Waals surface area (Å²) in [5.41, 5.74) is 2.44. The number of rotatable bonds is 5. The molecule has 2 heteroatoms. The molecule has 0 saturated heterocycles. The molecule has 1 N–H and O–H groups in total. The largest absolute Gasteiger partial charge is 0.314 e. The van der Waals surface area contributed by atoms with E-state index in [-0.39, 0.29) is 5.82 Å². The van der Waals surface area contributed by atoms with Crippen molar-refractivity contribution in [3.05, 3.63) is 35.1 Å². The van der Waals surface area contributed by atoms with Gasteiger partial charge in [0.25, 0.3) is 0 Å². The van der Waals surface area contributed by atoms with E-state index in [9.17, 15) is 4.39 Å². The zero-order valence-corrected chi connectivity index (χ0v) is 11.1. The molecule has 0 aromatic heterocycles. The first kappa shape index (κ1) is 12.2. The van der Waals surface area contributed by atoms with Crippen LogP contribution >= 0.6 is 0 Å². The van der Waals surface area contributed by atoms with Crippen molar-refractivity contribution in [1.29, 1.82) is 0 Å². The highest BCUT2D eigenvalue weighted by Crippen LogP contribution is 2.37. The number of hydrogen-bond acceptors (Lipinski definition) is 1. The molecule has 1 nitrogen and oxygen atoms in total. The van der Waals surface area contributed by atoms with Crippen molar-refractivity contribution < 1.29 is 4.39 Å². The summed E-state index contributed by atoms with van der Waals surface area (Å²) in [7, 11) is 0. The van der Waals surface area contributed by atoms with Crippen LogP contribution in [0.3, 0.4) is 0 Å². The second-order valence-electron chi connectivity index (χ2n) is 6.05. The lowest BCUT2D eigenvalue weighted by Gasteiger charge is -2.37. The molecule has 98 valence electrons. The van der Waals surface area contributed by atoms with Crippen LogP contribution in [0.15, 0.2) is 18.2 Å². The predicted molar refractivity (Wildman–Crippen MR) is 72.1 cm³/mol. The number of nitrogens with one attached hydrogen (secondary N) is 1. The Labute approximate surface area is 109 Å². The lowest BCUT2D eigenvalue weighted by molar-refractivity contribution is 0.170. The maximum atomic E-state index is 13.3. The van der Waals surface area contributed by atoms with E-state index in [1.54, 1.807) is 12.1 Å². The molecule has 0 radical (unpaired) electrons. The predicted octanol–water partition coefficient (Wildman–Crippen LogP) is 3.45. The minimum atomic E-state index is -0.0948. The summed E-state index contributed by atoms with van der Waals surface area (Å²) < 4.78 is 13.3. The van der Waals surface area contributed by atoms with Gasteiger partial charge in [-0.3, -0.25) is 0 Å². The first-order chi connectivity index (χ1) is 8.72. The molecule has 0 aliphatic heterocycles. The summed E-state index contributed by atoms with van der Waals surface area (Å²) in [6.45, 7) is 3.26. The topological polar surface area (TPSA) is 12.0 Å². The monoisotopic (exact) mass is 247 g/mol. The first-order valence-electron chi connectivity index (χ1n) is 7.21. The summed E-state index contributed by atoms with van der Waals surface area (Å²) in [5.74, 6) is 1.48. The summed E-state index contributed by atoms with van der Waals surface area (Å²) in [6, 6.07) is 5.99. The van der Waals surface area contributed by atoms with E-state index in [0.29, 0.717) is 0 Å². The van der Waals surface area contributed by atoms with Gasteiger partial charge in [0.2, 0.25) is 0 Å². The molecule has 18 heavy (non-hydrogen) atoms. The fraction of sp³-hybridized carbons (Fsp3) is 0.625. The zero-order chi connectivity index (χ0) is 12.5. The molecule has 2 aliphatic carbocycles. The van der Waals surface area contributed by atoms with Gasteiger partial charge in [0, 0.05) is 6.04 Å². The van der Waals surface area contributed by atoms with E-state index in [2.05, 4.69) is 12.2 Å². The Kier molecular flexibility index (Phi) is 3.38. The van der Waals surface area contributed by atoms with E-state index >= 15 is 0 Å². The molecular weight excluding hydrogens is 225 g/mol. The van der Waals surface area contributed by atoms with Gasteiger partial charge in [0.15, 0.2) is 0 Å². The van der Waals surface area contributed by atoms with Crippen molar-refractivity contribution in [2.75, 3.05) is 6.54 Å². The molecule has 2 unspecified atom stereocenters. The fourth-order valence-corrected chi connectivity index (χ4v) is 2.92. The fourth-order valence-electron chi connectivity index (χ4n) is 2.92. The Morgan fingerprint density at radius 1 is 1.17 bits per heavy atom. The number of halogens is 1. The van der Waals surface area contributed by atoms with Gasteiger partial charge in [0.1, 0.15) is 5.82 Å². The van der Waals surface area contributed by atoms with Gasteiger partial charge in [0.05, 0.1) is 0 Å². The minimum Gasteiger partial charge on any atom is -0.314 e. The van der Waals surface area contributed by atoms with E-state index in [1.807, 2.05) is 6.07 Å². The van der Waals surface area contributed by atoms with E-state index in [0.717, 1.165) is 24.3 Å². The highest BCUT2D eigenvalue weighted by atomic mass is 19.1. The second-order valence-corrected chi connectivity index (χ2v) is 6.05. The van der Waals surface area contributed by atoms with Crippen LogP contribution in [0.4, 0.5) is 4.39 Å². The molecule has 0 amide bonds. The van der Waals surface area contributed by atoms with Crippen molar-refractivity contribution >= 4 is 0 Å². The van der Waals surface area contributed by atoms with E-state index in [4.69, 9.17) is 0 Å². The van der Waals surface area contributed by atoms with Crippen LogP contribution in [0, 0.1) is 24.6 Å². The van der Waals surface area contributed by atoms with E-state index in [1.165, 1.54) is 43.4 Å². The first-order valence-corrected chi connectivity index (χ1v) is 7.21. The third-order valence-electron chi connectivity index (χ3n) is 4.61. The maximum absolute atomic E-state index is 13.3. The van der Waals surface area contributed by atoms with Crippen LogP contribution in [0.5, 0.6) is 0 Å². The van der Waals surface area contributed by atoms with Gasteiger partial charge >= 0.3 is 0 Å². The third kappa shape index (κ3) is 2.74. The summed E-state index contributed by atoms with van der Waals surface area (Å²) >= 11 is 0. The lowest BCUT2D eigenvalue weighted by atomic mass is 9.70. The van der Waals surface area contributed by atoms with Crippen molar-refractivity contribution in [1.82, 2.24) is 5.32 Å². The van der Waals surface area contributed by atoms with Crippen LogP contribution in [0.2, 0.25) is 0 Å². The normalized spacial score (nSPS) is 27.0. The molecule has 0 spiro atoms. The smallest absolute Gasteiger partial charge is 0.123 e. The van der Waals surface area contributed by atoms with Gasteiger partial charge in [-0.2, -0.15) is 0 Å². The highest BCUT2D eigenvalue weighted by molar-refractivity contribution is 5.27. The molecule has 0 heterocycles. The number of aryl methyl sites for hydroxylation is 1. The molecule has 1 aromatic carbocycles. The van der Waals surface area contributed by atoms with E-state index < -0.39 is 0 Å². The zero-order valence-electron chi connectivity index (χ0n) is 11.1. The number of benzene rings is 1. The third-order valence-corrected chi connectivity index (χ3v) is 4.61. The Bertz CT molecular complexity index is 425.